The van der Waals surface area contributed by atoms with Crippen molar-refractivity contribution in [2.45, 2.75) is 6.92 Å². The number of hydrogen-bond acceptors (Lipinski definition) is 0. The Hall–Kier alpha value is -1.31. The molecule has 0 saturated carbocycles. The molecule has 0 radical (unpaired) electrons. The quantitative estimate of drug-likeness (QED) is 0.427. The summed E-state index contributed by atoms with van der Waals surface area (Å²) in [5.74, 6) is 0. The van der Waals surface area contributed by atoms with Crippen molar-refractivity contribution in [1.82, 2.24) is 0 Å². The van der Waals surface area contributed by atoms with E-state index in [-0.39, 0.29) is 20.2 Å². The molecule has 110 valence electrons. The van der Waals surface area contributed by atoms with E-state index in [0.717, 1.165) is 0 Å². The molecule has 0 heterocycles. The van der Waals surface area contributed by atoms with Crippen LogP contribution in [0.1, 0.15) is 6.92 Å². The number of rotatable bonds is 4. The normalized spacial score (nSPS) is 12.0. The summed E-state index contributed by atoms with van der Waals surface area (Å²) < 4.78 is 2.43. The second kappa shape index (κ2) is 7.30. The second-order valence-corrected chi connectivity index (χ2v) is 15.1. The summed E-state index contributed by atoms with van der Waals surface area (Å²) in [7, 11) is 0. The average Bonchev–Trinajstić information content (AvgIpc) is 2.62. The molecule has 0 aliphatic carbocycles. The molecule has 0 bridgehead atoms. The van der Waals surface area contributed by atoms with Crippen molar-refractivity contribution in [3.05, 3.63) is 91.0 Å². The predicted octanol–water partition coefficient (Wildman–Crippen LogP) is 4.69. The predicted molar refractivity (Wildman–Crippen MR) is 111 cm³/mol. The highest BCUT2D eigenvalue weighted by atomic mass is 127. The lowest BCUT2D eigenvalue weighted by atomic mass is 10.4. The molecule has 0 N–H and O–H groups in total. The van der Waals surface area contributed by atoms with Gasteiger partial charge < -0.3 is 0 Å². The fraction of sp³-hybridized carbons (Fsp3) is 0.0500. The third-order valence-electron chi connectivity index (χ3n) is 3.58. The SMILES string of the molecule is CC=I[P+](c1ccccc1)(c1ccccc1)c1ccccc1. The molecule has 0 aromatic heterocycles. The van der Waals surface area contributed by atoms with Gasteiger partial charge in [-0.05, 0) is 47.3 Å². The first-order valence-corrected chi connectivity index (χ1v) is 13.2. The molecule has 3 aromatic rings. The van der Waals surface area contributed by atoms with Gasteiger partial charge in [0.25, 0.3) is 0 Å². The van der Waals surface area contributed by atoms with Crippen LogP contribution in [-0.4, -0.2) is 4.01 Å². The van der Waals surface area contributed by atoms with Gasteiger partial charge in [0.15, 0.2) is 4.90 Å². The van der Waals surface area contributed by atoms with Crippen molar-refractivity contribution >= 4 is 45.0 Å². The Morgan fingerprint density at radius 2 is 0.909 bits per heavy atom. The van der Waals surface area contributed by atoms with Crippen LogP contribution in [0.15, 0.2) is 91.0 Å². The van der Waals surface area contributed by atoms with E-state index in [9.17, 15) is 0 Å². The molecular formula is C20H19IP+. The van der Waals surface area contributed by atoms with Crippen LogP contribution in [0.4, 0.5) is 0 Å². The first kappa shape index (κ1) is 15.6. The van der Waals surface area contributed by atoms with Crippen LogP contribution in [0.2, 0.25) is 0 Å². The number of halogens is 1. The van der Waals surface area contributed by atoms with E-state index >= 15 is 0 Å². The summed E-state index contributed by atoms with van der Waals surface area (Å²) in [4.78, 5) is -1.50. The summed E-state index contributed by atoms with van der Waals surface area (Å²) >= 11 is -0.0745. The molecule has 2 heteroatoms. The van der Waals surface area contributed by atoms with Gasteiger partial charge in [-0.25, -0.2) is 0 Å². The van der Waals surface area contributed by atoms with Crippen LogP contribution in [0, 0.1) is 0 Å². The number of hydrogen-bond donors (Lipinski definition) is 0. The lowest BCUT2D eigenvalue weighted by molar-refractivity contribution is 1.73. The Balaban J connectivity index is 2.34. The van der Waals surface area contributed by atoms with E-state index in [2.05, 4.69) is 102 Å². The van der Waals surface area contributed by atoms with Gasteiger partial charge in [0, 0.05) is 0 Å². The third-order valence-corrected chi connectivity index (χ3v) is 16.3. The maximum atomic E-state index is 2.43. The smallest absolute Gasteiger partial charge is 0.0620 e. The molecule has 0 unspecified atom stereocenters. The van der Waals surface area contributed by atoms with Crippen LogP contribution >= 0.6 is 25.1 Å². The number of benzene rings is 3. The summed E-state index contributed by atoms with van der Waals surface area (Å²) in [6.45, 7) is 2.22. The first-order chi connectivity index (χ1) is 10.9. The summed E-state index contributed by atoms with van der Waals surface area (Å²) in [5.41, 5.74) is 0. The molecule has 3 aromatic carbocycles. The summed E-state index contributed by atoms with van der Waals surface area (Å²) in [6, 6.07) is 33.3. The van der Waals surface area contributed by atoms with Gasteiger partial charge in [0.05, 0.1) is 20.2 Å². The van der Waals surface area contributed by atoms with Gasteiger partial charge in [-0.1, -0.05) is 54.6 Å². The molecule has 3 rings (SSSR count). The summed E-state index contributed by atoms with van der Waals surface area (Å²) in [6.07, 6.45) is 0. The van der Waals surface area contributed by atoms with Crippen molar-refractivity contribution < 1.29 is 0 Å². The second-order valence-electron chi connectivity index (χ2n) is 4.91. The Labute approximate surface area is 142 Å². The zero-order valence-electron chi connectivity index (χ0n) is 12.6. The van der Waals surface area contributed by atoms with Crippen molar-refractivity contribution in [2.24, 2.45) is 0 Å². The minimum atomic E-state index is -1.50. The van der Waals surface area contributed by atoms with E-state index in [0.29, 0.717) is 0 Å². The molecule has 0 atom stereocenters. The molecule has 0 saturated heterocycles. The third kappa shape index (κ3) is 2.93. The van der Waals surface area contributed by atoms with Gasteiger partial charge in [-0.15, -0.1) is 0 Å². The van der Waals surface area contributed by atoms with Gasteiger partial charge in [0.1, 0.15) is 15.9 Å². The maximum absolute atomic E-state index is 2.43. The minimum absolute atomic E-state index is 0.0745. The van der Waals surface area contributed by atoms with Crippen molar-refractivity contribution in [3.8, 4) is 0 Å². The van der Waals surface area contributed by atoms with E-state index in [1.54, 1.807) is 0 Å². The minimum Gasteiger partial charge on any atom is -0.0620 e. The Morgan fingerprint density at radius 1 is 0.591 bits per heavy atom. The monoisotopic (exact) mass is 417 g/mol. The van der Waals surface area contributed by atoms with Crippen LogP contribution in [0.3, 0.4) is 0 Å². The zero-order chi connectivity index (χ0) is 15.3. The first-order valence-electron chi connectivity index (χ1n) is 7.37. The van der Waals surface area contributed by atoms with Crippen LogP contribution in [0.25, 0.3) is 0 Å². The van der Waals surface area contributed by atoms with Crippen molar-refractivity contribution in [3.63, 3.8) is 0 Å². The molecule has 0 fully saturated rings. The van der Waals surface area contributed by atoms with E-state index < -0.39 is 4.90 Å². The highest BCUT2D eigenvalue weighted by molar-refractivity contribution is 14.2. The fourth-order valence-electron chi connectivity index (χ4n) is 2.66. The van der Waals surface area contributed by atoms with E-state index in [1.165, 1.54) is 15.9 Å². The highest BCUT2D eigenvalue weighted by Gasteiger charge is 2.44. The van der Waals surface area contributed by atoms with Crippen molar-refractivity contribution in [1.29, 1.82) is 0 Å². The van der Waals surface area contributed by atoms with Crippen LogP contribution in [-0.2, 0) is 0 Å². The maximum Gasteiger partial charge on any atom is 0.163 e. The average molecular weight is 417 g/mol. The van der Waals surface area contributed by atoms with E-state index in [1.807, 2.05) is 0 Å². The standard InChI is InChI=1S/C20H19IP/c1-2-21-22(18-12-6-3-7-13-18,19-14-8-4-9-15-19)20-16-10-5-11-17-20/h2-17H,1H3/q+1. The Kier molecular flexibility index (Phi) is 5.17. The Bertz CT molecular complexity index is 640. The summed E-state index contributed by atoms with van der Waals surface area (Å²) in [5, 5.41) is 4.50. The lowest BCUT2D eigenvalue weighted by Crippen LogP contribution is -2.27. The zero-order valence-corrected chi connectivity index (χ0v) is 15.6. The fourth-order valence-corrected chi connectivity index (χ4v) is 14.2. The largest absolute Gasteiger partial charge is 0.163 e. The molecule has 0 aliphatic heterocycles. The van der Waals surface area contributed by atoms with Gasteiger partial charge in [-0.2, -0.15) is 0 Å². The van der Waals surface area contributed by atoms with Gasteiger partial charge in [-0.3, -0.25) is 0 Å². The molecule has 22 heavy (non-hydrogen) atoms. The molecular weight excluding hydrogens is 398 g/mol. The highest BCUT2D eigenvalue weighted by Crippen LogP contribution is 2.66. The van der Waals surface area contributed by atoms with Gasteiger partial charge >= 0.3 is 0 Å². The molecule has 0 spiro atoms. The molecule has 0 amide bonds. The topological polar surface area (TPSA) is 0 Å². The van der Waals surface area contributed by atoms with Crippen LogP contribution in [0.5, 0.6) is 0 Å². The Morgan fingerprint density at radius 3 is 1.18 bits per heavy atom. The van der Waals surface area contributed by atoms with E-state index in [4.69, 9.17) is 0 Å². The van der Waals surface area contributed by atoms with Gasteiger partial charge in [0.2, 0.25) is 0 Å². The van der Waals surface area contributed by atoms with Crippen molar-refractivity contribution in [2.75, 3.05) is 0 Å². The van der Waals surface area contributed by atoms with Crippen LogP contribution < -0.4 is 15.9 Å². The lowest BCUT2D eigenvalue weighted by Gasteiger charge is -2.22. The molecule has 0 aliphatic rings. The molecule has 0 nitrogen and oxygen atoms in total.